The molecule has 2 atom stereocenters. The van der Waals surface area contributed by atoms with Crippen LogP contribution in [0.25, 0.3) is 0 Å². The summed E-state index contributed by atoms with van der Waals surface area (Å²) in [7, 11) is 0. The number of unbranched alkanes of at least 4 members (excludes halogenated alkanes) is 3. The van der Waals surface area contributed by atoms with Gasteiger partial charge >= 0.3 is 0 Å². The van der Waals surface area contributed by atoms with Crippen LogP contribution >= 0.6 is 0 Å². The van der Waals surface area contributed by atoms with E-state index in [-0.39, 0.29) is 6.10 Å². The Morgan fingerprint density at radius 1 is 1.11 bits per heavy atom. The molecule has 0 N–H and O–H groups in total. The molecule has 0 aliphatic heterocycles. The fraction of sp³-hybridized carbons (Fsp3) is 0.556. The van der Waals surface area contributed by atoms with Crippen molar-refractivity contribution in [1.29, 1.82) is 0 Å². The Bertz CT molecular complexity index is 331. The van der Waals surface area contributed by atoms with Crippen molar-refractivity contribution in [3.05, 3.63) is 48.6 Å². The van der Waals surface area contributed by atoms with Crippen LogP contribution in [0.4, 0.5) is 0 Å². The third-order valence-electron chi connectivity index (χ3n) is 3.54. The second kappa shape index (κ2) is 9.80. The third-order valence-corrected chi connectivity index (χ3v) is 3.54. The average Bonchev–Trinajstić information content (AvgIpc) is 2.46. The first-order valence-corrected chi connectivity index (χ1v) is 7.55. The van der Waals surface area contributed by atoms with Crippen molar-refractivity contribution in [1.82, 2.24) is 0 Å². The van der Waals surface area contributed by atoms with Crippen molar-refractivity contribution in [3.8, 4) is 0 Å². The molecular weight excluding hydrogens is 232 g/mol. The van der Waals surface area contributed by atoms with Crippen LogP contribution in [0, 0.1) is 6.58 Å². The zero-order valence-corrected chi connectivity index (χ0v) is 12.3. The van der Waals surface area contributed by atoms with E-state index in [4.69, 9.17) is 11.3 Å². The Labute approximate surface area is 118 Å². The fourth-order valence-electron chi connectivity index (χ4n) is 2.51. The molecule has 1 radical (unpaired) electrons. The van der Waals surface area contributed by atoms with Gasteiger partial charge < -0.3 is 4.74 Å². The number of rotatable bonds is 10. The highest BCUT2D eigenvalue weighted by Gasteiger charge is 2.20. The molecule has 0 spiro atoms. The third kappa shape index (κ3) is 5.61. The maximum Gasteiger partial charge on any atom is 0.0827 e. The van der Waals surface area contributed by atoms with Gasteiger partial charge in [0, 0.05) is 12.5 Å². The van der Waals surface area contributed by atoms with Crippen LogP contribution < -0.4 is 0 Å². The topological polar surface area (TPSA) is 9.23 Å². The minimum absolute atomic E-state index is 0.0222. The number of benzene rings is 1. The maximum absolute atomic E-state index is 5.78. The Kier molecular flexibility index (Phi) is 8.24. The first kappa shape index (κ1) is 16.0. The van der Waals surface area contributed by atoms with Crippen LogP contribution in [-0.2, 0) is 4.74 Å². The van der Waals surface area contributed by atoms with Gasteiger partial charge in [-0.05, 0) is 18.9 Å². The van der Waals surface area contributed by atoms with Crippen LogP contribution in [0.2, 0.25) is 0 Å². The minimum atomic E-state index is 0.0222. The molecule has 105 valence electrons. The summed E-state index contributed by atoms with van der Waals surface area (Å²) < 4.78 is 5.78. The lowest BCUT2D eigenvalue weighted by molar-refractivity contribution is 0.0733. The fourth-order valence-corrected chi connectivity index (χ4v) is 2.51. The Hall–Kier alpha value is -1.08. The Morgan fingerprint density at radius 2 is 1.84 bits per heavy atom. The maximum atomic E-state index is 5.78. The summed E-state index contributed by atoms with van der Waals surface area (Å²) in [4.78, 5) is 0. The Balaban J connectivity index is 2.69. The van der Waals surface area contributed by atoms with Crippen molar-refractivity contribution in [3.63, 3.8) is 0 Å². The summed E-state index contributed by atoms with van der Waals surface area (Å²) in [5.41, 5.74) is 1.33. The van der Waals surface area contributed by atoms with Crippen molar-refractivity contribution < 1.29 is 4.74 Å². The summed E-state index contributed by atoms with van der Waals surface area (Å²) in [5.74, 6) is 0.378. The highest BCUT2D eigenvalue weighted by Crippen LogP contribution is 2.28. The van der Waals surface area contributed by atoms with E-state index in [1.807, 2.05) is 6.92 Å². The molecule has 1 aromatic carbocycles. The zero-order valence-electron chi connectivity index (χ0n) is 12.3. The van der Waals surface area contributed by atoms with E-state index in [1.165, 1.54) is 31.2 Å². The molecule has 1 nitrogen and oxygen atoms in total. The second-order valence-corrected chi connectivity index (χ2v) is 4.98. The van der Waals surface area contributed by atoms with Gasteiger partial charge in [0.25, 0.3) is 0 Å². The molecule has 0 saturated carbocycles. The van der Waals surface area contributed by atoms with Crippen LogP contribution in [0.1, 0.15) is 57.4 Å². The normalized spacial score (nSPS) is 14.0. The van der Waals surface area contributed by atoms with Gasteiger partial charge in [0.1, 0.15) is 0 Å². The van der Waals surface area contributed by atoms with Crippen molar-refractivity contribution in [2.24, 2.45) is 0 Å². The van der Waals surface area contributed by atoms with E-state index in [2.05, 4.69) is 37.3 Å². The highest BCUT2D eigenvalue weighted by molar-refractivity contribution is 5.22. The van der Waals surface area contributed by atoms with Gasteiger partial charge in [0.15, 0.2) is 0 Å². The number of hydrogen-bond acceptors (Lipinski definition) is 1. The standard InChI is InChI=1S/C18H27O/c1-4-7-8-12-15-17(18(5-2)19-6-3)16-13-10-9-11-14-16/h2,5,9-11,13-14,17-18H,4,6-8,12,15H2,1,3H3. The first-order chi connectivity index (χ1) is 9.33. The van der Waals surface area contributed by atoms with Crippen molar-refractivity contribution >= 4 is 0 Å². The predicted molar refractivity (Wildman–Crippen MR) is 82.2 cm³/mol. The van der Waals surface area contributed by atoms with Crippen LogP contribution in [0.15, 0.2) is 36.4 Å². The van der Waals surface area contributed by atoms with E-state index in [1.54, 1.807) is 6.08 Å². The van der Waals surface area contributed by atoms with E-state index in [9.17, 15) is 0 Å². The molecular formula is C18H27O. The molecule has 1 heteroatoms. The molecule has 0 bridgehead atoms. The lowest BCUT2D eigenvalue weighted by Crippen LogP contribution is -2.20. The van der Waals surface area contributed by atoms with Gasteiger partial charge in [-0.1, -0.05) is 75.6 Å². The lowest BCUT2D eigenvalue weighted by Gasteiger charge is -2.25. The average molecular weight is 259 g/mol. The van der Waals surface area contributed by atoms with E-state index in [0.29, 0.717) is 12.5 Å². The molecule has 0 amide bonds. The molecule has 2 unspecified atom stereocenters. The summed E-state index contributed by atoms with van der Waals surface area (Å²) >= 11 is 0. The molecule has 0 aliphatic rings. The molecule has 0 saturated heterocycles. The Morgan fingerprint density at radius 3 is 2.42 bits per heavy atom. The van der Waals surface area contributed by atoms with E-state index < -0.39 is 0 Å². The summed E-state index contributed by atoms with van der Waals surface area (Å²) in [6, 6.07) is 10.6. The largest absolute Gasteiger partial charge is 0.374 e. The highest BCUT2D eigenvalue weighted by atomic mass is 16.5. The smallest absolute Gasteiger partial charge is 0.0827 e. The summed E-state index contributed by atoms with van der Waals surface area (Å²) in [6.45, 7) is 10.7. The minimum Gasteiger partial charge on any atom is -0.374 e. The van der Waals surface area contributed by atoms with Gasteiger partial charge in [-0.15, -0.1) is 0 Å². The van der Waals surface area contributed by atoms with Crippen LogP contribution in [-0.4, -0.2) is 12.7 Å². The van der Waals surface area contributed by atoms with Crippen LogP contribution in [0.5, 0.6) is 0 Å². The summed E-state index contributed by atoms with van der Waals surface area (Å²) in [6.07, 6.45) is 7.99. The van der Waals surface area contributed by atoms with Gasteiger partial charge in [0.05, 0.1) is 6.10 Å². The van der Waals surface area contributed by atoms with Crippen LogP contribution in [0.3, 0.4) is 0 Å². The number of ether oxygens (including phenoxy) is 1. The van der Waals surface area contributed by atoms with Crippen molar-refractivity contribution in [2.45, 2.75) is 58.0 Å². The molecule has 0 heterocycles. The second-order valence-electron chi connectivity index (χ2n) is 4.98. The first-order valence-electron chi connectivity index (χ1n) is 7.55. The quantitative estimate of drug-likeness (QED) is 0.529. The molecule has 1 aromatic rings. The van der Waals surface area contributed by atoms with E-state index in [0.717, 1.165) is 6.42 Å². The molecule has 0 aliphatic carbocycles. The summed E-state index contributed by atoms with van der Waals surface area (Å²) in [5, 5.41) is 0. The van der Waals surface area contributed by atoms with Gasteiger partial charge in [-0.2, -0.15) is 0 Å². The molecule has 0 aromatic heterocycles. The zero-order chi connectivity index (χ0) is 13.9. The monoisotopic (exact) mass is 259 g/mol. The number of hydrogen-bond donors (Lipinski definition) is 0. The van der Waals surface area contributed by atoms with Gasteiger partial charge in [0.2, 0.25) is 0 Å². The molecule has 19 heavy (non-hydrogen) atoms. The predicted octanol–water partition coefficient (Wildman–Crippen LogP) is 5.13. The van der Waals surface area contributed by atoms with Gasteiger partial charge in [-0.3, -0.25) is 0 Å². The van der Waals surface area contributed by atoms with Crippen molar-refractivity contribution in [2.75, 3.05) is 6.61 Å². The lowest BCUT2D eigenvalue weighted by atomic mass is 9.88. The van der Waals surface area contributed by atoms with Gasteiger partial charge in [-0.25, -0.2) is 0 Å². The van der Waals surface area contributed by atoms with E-state index >= 15 is 0 Å². The SMILES string of the molecule is [CH]=CC(OCC)C(CCCCCC)c1ccccc1. The molecule has 0 fully saturated rings. The molecule has 1 rings (SSSR count).